The Morgan fingerprint density at radius 2 is 1.74 bits per heavy atom. The van der Waals surface area contributed by atoms with Crippen molar-refractivity contribution in [3.05, 3.63) is 59.7 Å². The van der Waals surface area contributed by atoms with Crippen LogP contribution in [0.2, 0.25) is 0 Å². The van der Waals surface area contributed by atoms with Crippen LogP contribution in [0.4, 0.5) is 0 Å². The molecular weight excluding hydrogens is 362 g/mol. The number of aryl methyl sites for hydroxylation is 1. The first-order valence-electron chi connectivity index (χ1n) is 9.36. The second kappa shape index (κ2) is 8.42. The second-order valence-corrected chi connectivity index (χ2v) is 9.61. The molecule has 2 aromatic carbocycles. The van der Waals surface area contributed by atoms with Crippen LogP contribution >= 0.6 is 0 Å². The van der Waals surface area contributed by atoms with Crippen LogP contribution < -0.4 is 0 Å². The van der Waals surface area contributed by atoms with Gasteiger partial charge in [-0.15, -0.1) is 0 Å². The summed E-state index contributed by atoms with van der Waals surface area (Å²) in [6, 6.07) is 13.9. The lowest BCUT2D eigenvalue weighted by atomic mass is 9.86. The highest BCUT2D eigenvalue weighted by molar-refractivity contribution is 7.91. The highest BCUT2D eigenvalue weighted by Gasteiger charge is 2.29. The van der Waals surface area contributed by atoms with Crippen LogP contribution in [0.1, 0.15) is 30.4 Å². The molecule has 1 aliphatic heterocycles. The highest BCUT2D eigenvalue weighted by Crippen LogP contribution is 2.28. The number of aromatic hydroxyl groups is 1. The van der Waals surface area contributed by atoms with Gasteiger partial charge in [0.2, 0.25) is 0 Å². The Bertz CT molecular complexity index is 847. The normalized spacial score (nSPS) is 21.3. The molecule has 2 atom stereocenters. The highest BCUT2D eigenvalue weighted by atomic mass is 32.2. The molecule has 1 heterocycles. The van der Waals surface area contributed by atoms with Crippen LogP contribution in [0.5, 0.6) is 5.75 Å². The number of hydrogen-bond donors (Lipinski definition) is 2. The average molecular weight is 390 g/mol. The van der Waals surface area contributed by atoms with E-state index in [1.54, 1.807) is 0 Å². The van der Waals surface area contributed by atoms with Gasteiger partial charge in [0.05, 0.1) is 10.6 Å². The quantitative estimate of drug-likeness (QED) is 0.790. The largest absolute Gasteiger partial charge is 0.508 e. The predicted octanol–water partition coefficient (Wildman–Crippen LogP) is 3.58. The summed E-state index contributed by atoms with van der Waals surface area (Å²) in [5.74, 6) is 0.468. The topological polar surface area (TPSA) is 77.8 Å². The molecule has 6 heteroatoms. The second-order valence-electron chi connectivity index (χ2n) is 7.50. The van der Waals surface area contributed by atoms with Gasteiger partial charge in [-0.3, -0.25) is 0 Å². The van der Waals surface area contributed by atoms with Gasteiger partial charge >= 0.3 is 0 Å². The molecule has 0 aromatic heterocycles. The molecule has 146 valence electrons. The van der Waals surface area contributed by atoms with Gasteiger partial charge in [0.15, 0.2) is 9.84 Å². The number of nitrogens with zero attached hydrogens (tertiary/aromatic N) is 1. The van der Waals surface area contributed by atoms with E-state index in [2.05, 4.69) is 31.2 Å². The summed E-state index contributed by atoms with van der Waals surface area (Å²) in [5.41, 5.74) is 2.52. The third-order valence-electron chi connectivity index (χ3n) is 5.35. The summed E-state index contributed by atoms with van der Waals surface area (Å²) in [5, 5.41) is 20.8. The smallest absolute Gasteiger partial charge is 0.178 e. The van der Waals surface area contributed by atoms with Gasteiger partial charge in [0.25, 0.3) is 0 Å². The molecule has 0 amide bonds. The zero-order valence-corrected chi connectivity index (χ0v) is 16.4. The molecule has 0 bridgehead atoms. The fourth-order valence-corrected chi connectivity index (χ4v) is 5.06. The summed E-state index contributed by atoms with van der Waals surface area (Å²) in [7, 11) is -3.43. The van der Waals surface area contributed by atoms with Crippen LogP contribution in [-0.2, 0) is 16.3 Å². The minimum atomic E-state index is -3.43. The number of phenols is 1. The Labute approximate surface area is 161 Å². The fourth-order valence-electron chi connectivity index (χ4n) is 3.69. The van der Waals surface area contributed by atoms with Crippen LogP contribution in [-0.4, -0.2) is 42.1 Å². The van der Waals surface area contributed by atoms with Crippen molar-refractivity contribution >= 4 is 9.84 Å². The first-order chi connectivity index (χ1) is 12.8. The maximum Gasteiger partial charge on any atom is 0.178 e. The number of rotatable bonds is 6. The number of hydrogen-bond acceptors (Lipinski definition) is 5. The zero-order valence-electron chi connectivity index (χ0n) is 15.6. The Hall–Kier alpha value is -1.89. The number of hydroxylamine groups is 2. The van der Waals surface area contributed by atoms with E-state index in [-0.39, 0.29) is 22.4 Å². The van der Waals surface area contributed by atoms with Crippen LogP contribution in [0.25, 0.3) is 0 Å². The van der Waals surface area contributed by atoms with Crippen molar-refractivity contribution in [2.24, 2.45) is 5.92 Å². The first kappa shape index (κ1) is 19.9. The lowest BCUT2D eigenvalue weighted by Gasteiger charge is -2.35. The fraction of sp³-hybridized carbons (Fsp3) is 0.429. The number of piperidine rings is 1. The van der Waals surface area contributed by atoms with E-state index in [4.69, 9.17) is 0 Å². The first-order valence-corrected chi connectivity index (χ1v) is 11.0. The molecular formula is C21H27NO4S. The SMILES string of the molecule is Cc1ccc(CC2CCN(O)C(CCS(=O)(=O)c3ccc(O)cc3)C2)cc1. The molecule has 0 aliphatic carbocycles. The summed E-state index contributed by atoms with van der Waals surface area (Å²) in [4.78, 5) is 0.205. The van der Waals surface area contributed by atoms with Crippen molar-refractivity contribution in [1.29, 1.82) is 0 Å². The Morgan fingerprint density at radius 3 is 2.41 bits per heavy atom. The Morgan fingerprint density at radius 1 is 1.07 bits per heavy atom. The molecule has 27 heavy (non-hydrogen) atoms. The van der Waals surface area contributed by atoms with E-state index in [0.29, 0.717) is 18.9 Å². The van der Waals surface area contributed by atoms with Crippen molar-refractivity contribution in [3.8, 4) is 5.75 Å². The maximum atomic E-state index is 12.5. The summed E-state index contributed by atoms with van der Waals surface area (Å²) in [6.07, 6.45) is 3.04. The molecule has 5 nitrogen and oxygen atoms in total. The van der Waals surface area contributed by atoms with Crippen molar-refractivity contribution in [2.45, 2.75) is 43.5 Å². The van der Waals surface area contributed by atoms with Crippen LogP contribution in [0.3, 0.4) is 0 Å². The summed E-state index contributed by atoms with van der Waals surface area (Å²) >= 11 is 0. The monoisotopic (exact) mass is 389 g/mol. The minimum Gasteiger partial charge on any atom is -0.508 e. The molecule has 0 radical (unpaired) electrons. The number of sulfone groups is 1. The maximum absolute atomic E-state index is 12.5. The van der Waals surface area contributed by atoms with Gasteiger partial charge in [-0.1, -0.05) is 29.8 Å². The van der Waals surface area contributed by atoms with Gasteiger partial charge in [0.1, 0.15) is 5.75 Å². The van der Waals surface area contributed by atoms with Crippen molar-refractivity contribution < 1.29 is 18.7 Å². The lowest BCUT2D eigenvalue weighted by molar-refractivity contribution is -0.150. The molecule has 3 rings (SSSR count). The van der Waals surface area contributed by atoms with Gasteiger partial charge in [-0.25, -0.2) is 8.42 Å². The summed E-state index contributed by atoms with van der Waals surface area (Å²) in [6.45, 7) is 2.64. The molecule has 1 saturated heterocycles. The lowest BCUT2D eigenvalue weighted by Crippen LogP contribution is -2.41. The number of benzene rings is 2. The van der Waals surface area contributed by atoms with Crippen molar-refractivity contribution in [3.63, 3.8) is 0 Å². The van der Waals surface area contributed by atoms with Crippen LogP contribution in [0, 0.1) is 12.8 Å². The van der Waals surface area contributed by atoms with E-state index in [1.165, 1.54) is 40.5 Å². The third kappa shape index (κ3) is 5.31. The molecule has 1 fully saturated rings. The molecule has 0 spiro atoms. The predicted molar refractivity (Wildman–Crippen MR) is 105 cm³/mol. The van der Waals surface area contributed by atoms with Crippen molar-refractivity contribution in [2.75, 3.05) is 12.3 Å². The average Bonchev–Trinajstić information content (AvgIpc) is 2.64. The summed E-state index contributed by atoms with van der Waals surface area (Å²) < 4.78 is 25.0. The molecule has 2 unspecified atom stereocenters. The van der Waals surface area contributed by atoms with E-state index in [9.17, 15) is 18.7 Å². The minimum absolute atomic E-state index is 0.0171. The van der Waals surface area contributed by atoms with E-state index >= 15 is 0 Å². The molecule has 0 saturated carbocycles. The molecule has 2 N–H and O–H groups in total. The Balaban J connectivity index is 1.59. The number of phenolic OH excluding ortho intramolecular Hbond substituents is 1. The zero-order chi connectivity index (χ0) is 19.4. The van der Waals surface area contributed by atoms with Gasteiger partial charge < -0.3 is 10.3 Å². The van der Waals surface area contributed by atoms with E-state index in [0.717, 1.165) is 19.3 Å². The van der Waals surface area contributed by atoms with Gasteiger partial charge in [0, 0.05) is 12.6 Å². The molecule has 2 aromatic rings. The van der Waals surface area contributed by atoms with E-state index < -0.39 is 9.84 Å². The van der Waals surface area contributed by atoms with E-state index in [1.807, 2.05) is 0 Å². The Kier molecular flexibility index (Phi) is 6.19. The standard InChI is InChI=1S/C21H27NO4S/c1-16-2-4-17(5-3-16)14-18-10-12-22(24)19(15-18)11-13-27(25,26)21-8-6-20(23)7-9-21/h2-9,18-19,23-24H,10-15H2,1H3. The van der Waals surface area contributed by atoms with Gasteiger partial charge in [-0.05, 0) is 68.4 Å². The van der Waals surface area contributed by atoms with Crippen molar-refractivity contribution in [1.82, 2.24) is 5.06 Å². The van der Waals surface area contributed by atoms with Crippen LogP contribution in [0.15, 0.2) is 53.4 Å². The van der Waals surface area contributed by atoms with Gasteiger partial charge in [-0.2, -0.15) is 5.06 Å². The third-order valence-corrected chi connectivity index (χ3v) is 7.12. The molecule has 1 aliphatic rings.